The van der Waals surface area contributed by atoms with Crippen molar-refractivity contribution in [3.8, 4) is 11.5 Å². The minimum Gasteiger partial charge on any atom is -0.496 e. The molecule has 11 nitrogen and oxygen atoms in total. The summed E-state index contributed by atoms with van der Waals surface area (Å²) in [6.07, 6.45) is -8.45. The number of hydrogen-bond acceptors (Lipinski definition) is 11. The van der Waals surface area contributed by atoms with Gasteiger partial charge in [-0.05, 0) is 19.9 Å². The minimum atomic E-state index is -1.64. The molecule has 1 aliphatic rings. The third kappa shape index (κ3) is 5.14. The van der Waals surface area contributed by atoms with Gasteiger partial charge in [0, 0.05) is 24.1 Å². The summed E-state index contributed by atoms with van der Waals surface area (Å²) in [6, 6.07) is 4.31. The van der Waals surface area contributed by atoms with Crippen LogP contribution in [0.4, 0.5) is 0 Å². The summed E-state index contributed by atoms with van der Waals surface area (Å²) < 4.78 is 27.6. The van der Waals surface area contributed by atoms with E-state index in [1.165, 1.54) is 40.2 Å². The quantitative estimate of drug-likeness (QED) is 0.310. The van der Waals surface area contributed by atoms with Crippen LogP contribution in [0.2, 0.25) is 0 Å². The maximum absolute atomic E-state index is 11.6. The van der Waals surface area contributed by atoms with Crippen molar-refractivity contribution in [2.75, 3.05) is 20.8 Å². The van der Waals surface area contributed by atoms with Crippen molar-refractivity contribution in [3.05, 3.63) is 34.2 Å². The number of hydrogen-bond donors (Lipinski definition) is 5. The normalized spacial score (nSPS) is 26.9. The Labute approximate surface area is 189 Å². The van der Waals surface area contributed by atoms with Crippen molar-refractivity contribution in [1.29, 1.82) is 0 Å². The van der Waals surface area contributed by atoms with E-state index < -0.39 is 54.6 Å². The highest BCUT2D eigenvalue weighted by molar-refractivity contribution is 5.87. The molecule has 0 radical (unpaired) electrons. The Kier molecular flexibility index (Phi) is 7.64. The zero-order valence-corrected chi connectivity index (χ0v) is 18.8. The van der Waals surface area contributed by atoms with Gasteiger partial charge in [-0.15, -0.1) is 0 Å². The van der Waals surface area contributed by atoms with Crippen LogP contribution in [0, 0.1) is 0 Å². The average molecular weight is 470 g/mol. The Morgan fingerprint density at radius 3 is 2.36 bits per heavy atom. The van der Waals surface area contributed by atoms with Gasteiger partial charge in [0.25, 0.3) is 0 Å². The predicted molar refractivity (Wildman–Crippen MR) is 114 cm³/mol. The highest BCUT2D eigenvalue weighted by Crippen LogP contribution is 2.39. The molecule has 11 heteroatoms. The van der Waals surface area contributed by atoms with E-state index in [0.29, 0.717) is 22.4 Å². The van der Waals surface area contributed by atoms with Gasteiger partial charge in [-0.3, -0.25) is 0 Å². The monoisotopic (exact) mass is 470 g/mol. The van der Waals surface area contributed by atoms with E-state index >= 15 is 0 Å². The molecule has 0 spiro atoms. The zero-order valence-electron chi connectivity index (χ0n) is 18.8. The van der Waals surface area contributed by atoms with Crippen molar-refractivity contribution in [3.63, 3.8) is 0 Å². The summed E-state index contributed by atoms with van der Waals surface area (Å²) in [5.74, 6) is 0.639. The maximum atomic E-state index is 11.6. The lowest BCUT2D eigenvalue weighted by Gasteiger charge is -2.42. The smallest absolute Gasteiger partial charge is 0.336 e. The van der Waals surface area contributed by atoms with E-state index in [-0.39, 0.29) is 12.0 Å². The molecule has 0 bridgehead atoms. The molecule has 3 rings (SSSR count). The van der Waals surface area contributed by atoms with Crippen LogP contribution in [-0.2, 0) is 15.9 Å². The van der Waals surface area contributed by atoms with E-state index in [2.05, 4.69) is 0 Å². The Balaban J connectivity index is 2.00. The molecule has 1 unspecified atom stereocenters. The first-order valence-corrected chi connectivity index (χ1v) is 10.4. The van der Waals surface area contributed by atoms with Gasteiger partial charge < -0.3 is 48.9 Å². The van der Waals surface area contributed by atoms with Gasteiger partial charge in [0.15, 0.2) is 6.29 Å². The number of fused-ring (bicyclic) bond motifs is 1. The molecule has 1 aromatic carbocycles. The molecule has 1 aromatic heterocycles. The number of aliphatic hydroxyl groups excluding tert-OH is 4. The molecular formula is C22H30O11. The molecular weight excluding hydrogens is 440 g/mol. The first kappa shape index (κ1) is 25.4. The van der Waals surface area contributed by atoms with Crippen molar-refractivity contribution >= 4 is 11.0 Å². The predicted octanol–water partition coefficient (Wildman–Crippen LogP) is -0.691. The van der Waals surface area contributed by atoms with Crippen LogP contribution in [0.5, 0.6) is 11.5 Å². The van der Waals surface area contributed by atoms with E-state index in [4.69, 9.17) is 23.4 Å². The summed E-state index contributed by atoms with van der Waals surface area (Å²) in [6.45, 7) is 2.36. The third-order valence-corrected chi connectivity index (χ3v) is 5.69. The molecule has 33 heavy (non-hydrogen) atoms. The second-order valence-electron chi connectivity index (χ2n) is 8.44. The molecule has 0 aliphatic carbocycles. The maximum Gasteiger partial charge on any atom is 0.336 e. The molecule has 1 aliphatic heterocycles. The highest BCUT2D eigenvalue weighted by Gasteiger charge is 2.46. The topological polar surface area (TPSA) is 168 Å². The minimum absolute atomic E-state index is 0.0000659. The Morgan fingerprint density at radius 1 is 1.09 bits per heavy atom. The molecule has 2 aromatic rings. The van der Waals surface area contributed by atoms with Crippen LogP contribution in [0.25, 0.3) is 11.0 Å². The number of ether oxygens (including phenoxy) is 4. The van der Waals surface area contributed by atoms with Crippen molar-refractivity contribution in [2.45, 2.75) is 62.7 Å². The molecule has 1 saturated heterocycles. The fraction of sp³-hybridized carbons (Fsp3) is 0.591. The van der Waals surface area contributed by atoms with Crippen LogP contribution < -0.4 is 15.1 Å². The van der Waals surface area contributed by atoms with Gasteiger partial charge >= 0.3 is 5.63 Å². The molecule has 1 fully saturated rings. The van der Waals surface area contributed by atoms with Crippen molar-refractivity contribution < 1.29 is 48.9 Å². The fourth-order valence-electron chi connectivity index (χ4n) is 3.81. The van der Waals surface area contributed by atoms with E-state index in [1.807, 2.05) is 0 Å². The third-order valence-electron chi connectivity index (χ3n) is 5.69. The molecule has 0 amide bonds. The van der Waals surface area contributed by atoms with E-state index in [0.717, 1.165) is 0 Å². The number of aliphatic hydroxyl groups is 5. The average Bonchev–Trinajstić information content (AvgIpc) is 2.77. The molecule has 184 valence electrons. The zero-order chi connectivity index (χ0) is 24.5. The first-order valence-electron chi connectivity index (χ1n) is 10.4. The number of benzene rings is 1. The Morgan fingerprint density at radius 2 is 1.79 bits per heavy atom. The molecule has 0 saturated carbocycles. The van der Waals surface area contributed by atoms with E-state index in [9.17, 15) is 30.3 Å². The summed E-state index contributed by atoms with van der Waals surface area (Å²) >= 11 is 0. The van der Waals surface area contributed by atoms with Crippen molar-refractivity contribution in [1.82, 2.24) is 0 Å². The highest BCUT2D eigenvalue weighted by atomic mass is 16.7. The van der Waals surface area contributed by atoms with Gasteiger partial charge in [0.1, 0.15) is 41.5 Å². The van der Waals surface area contributed by atoms with Crippen LogP contribution in [0.3, 0.4) is 0 Å². The molecule has 2 heterocycles. The van der Waals surface area contributed by atoms with Gasteiger partial charge in [0.05, 0.1) is 37.9 Å². The Bertz CT molecular complexity index is 1010. The SMILES string of the molecule is COc1cc2oc(=O)ccc2c(OC)c1CC(O[C@@H]1O[C@H](CO)[C@@H](O)[C@H](O)[C@H]1O)C(C)(C)O. The lowest BCUT2D eigenvalue weighted by molar-refractivity contribution is -0.321. The second kappa shape index (κ2) is 9.94. The molecule has 5 N–H and O–H groups in total. The second-order valence-corrected chi connectivity index (χ2v) is 8.44. The van der Waals surface area contributed by atoms with Crippen LogP contribution >= 0.6 is 0 Å². The van der Waals surface area contributed by atoms with Gasteiger partial charge in [-0.1, -0.05) is 0 Å². The summed E-state index contributed by atoms with van der Waals surface area (Å²) in [5.41, 5.74) is -1.29. The first-order chi connectivity index (χ1) is 15.5. The van der Waals surface area contributed by atoms with Crippen LogP contribution in [0.1, 0.15) is 19.4 Å². The summed E-state index contributed by atoms with van der Waals surface area (Å²) in [7, 11) is 2.85. The van der Waals surface area contributed by atoms with Crippen molar-refractivity contribution in [2.24, 2.45) is 0 Å². The summed E-state index contributed by atoms with van der Waals surface area (Å²) in [5, 5.41) is 51.1. The standard InChI is InChI=1S/C22H30O11/c1-22(2,28)15(33-21-19(27)18(26)17(25)14(9-23)32-21)7-11-12(29-3)8-13-10(20(11)30-4)5-6-16(24)31-13/h5-6,8,14-15,17-19,21,23,25-28H,7,9H2,1-4H3/t14-,15?,17-,18+,19-,21+/m1/s1. The molecule has 6 atom stereocenters. The lowest BCUT2D eigenvalue weighted by atomic mass is 9.92. The van der Waals surface area contributed by atoms with Gasteiger partial charge in [-0.2, -0.15) is 0 Å². The Hall–Kier alpha value is -2.25. The van der Waals surface area contributed by atoms with Gasteiger partial charge in [-0.25, -0.2) is 4.79 Å². The summed E-state index contributed by atoms with van der Waals surface area (Å²) in [4.78, 5) is 11.6. The number of rotatable bonds is 8. The van der Waals surface area contributed by atoms with Gasteiger partial charge in [0.2, 0.25) is 0 Å². The van der Waals surface area contributed by atoms with E-state index in [1.54, 1.807) is 6.07 Å². The largest absolute Gasteiger partial charge is 0.496 e. The van der Waals surface area contributed by atoms with Crippen LogP contribution in [-0.4, -0.2) is 88.8 Å². The number of methoxy groups -OCH3 is 2. The lowest BCUT2D eigenvalue weighted by Crippen LogP contribution is -2.60. The fourth-order valence-corrected chi connectivity index (χ4v) is 3.81. The van der Waals surface area contributed by atoms with Crippen LogP contribution in [0.15, 0.2) is 27.4 Å².